The van der Waals surface area contributed by atoms with E-state index < -0.39 is 0 Å². The van der Waals surface area contributed by atoms with E-state index in [1.54, 1.807) is 19.5 Å². The highest BCUT2D eigenvalue weighted by atomic mass is 32.2. The van der Waals surface area contributed by atoms with Gasteiger partial charge in [0.25, 0.3) is 0 Å². The van der Waals surface area contributed by atoms with Crippen LogP contribution in [0.5, 0.6) is 0 Å². The van der Waals surface area contributed by atoms with Gasteiger partial charge in [0.2, 0.25) is 5.91 Å². The second kappa shape index (κ2) is 10.2. The molecule has 2 heterocycles. The van der Waals surface area contributed by atoms with E-state index in [9.17, 15) is 4.79 Å². The molecule has 0 saturated heterocycles. The number of rotatable bonds is 9. The maximum absolute atomic E-state index is 12.4. The van der Waals surface area contributed by atoms with E-state index in [0.29, 0.717) is 18.3 Å². The first-order valence-electron chi connectivity index (χ1n) is 9.41. The largest absolute Gasteiger partial charge is 0.385 e. The van der Waals surface area contributed by atoms with Crippen LogP contribution in [-0.4, -0.2) is 45.1 Å². The van der Waals surface area contributed by atoms with E-state index in [0.717, 1.165) is 29.1 Å². The summed E-state index contributed by atoms with van der Waals surface area (Å²) in [5.74, 6) is 0.946. The number of aromatic nitrogens is 4. The van der Waals surface area contributed by atoms with Gasteiger partial charge in [-0.25, -0.2) is 0 Å². The van der Waals surface area contributed by atoms with Gasteiger partial charge in [-0.15, -0.1) is 10.2 Å². The van der Waals surface area contributed by atoms with Gasteiger partial charge in [-0.3, -0.25) is 9.78 Å². The summed E-state index contributed by atoms with van der Waals surface area (Å²) in [5.41, 5.74) is 4.09. The number of carbonyl (C=O) groups excluding carboxylic acids is 1. The van der Waals surface area contributed by atoms with Crippen LogP contribution in [0.3, 0.4) is 0 Å². The lowest BCUT2D eigenvalue weighted by Crippen LogP contribution is -2.15. The SMILES string of the molecule is COCCCn1c(SCC(=O)Nc2ccc(C)c(C)c2)nnc1-c1ccncc1. The first-order valence-corrected chi connectivity index (χ1v) is 10.4. The average molecular weight is 412 g/mol. The van der Waals surface area contributed by atoms with Crippen LogP contribution in [0.1, 0.15) is 17.5 Å². The Morgan fingerprint density at radius 3 is 2.66 bits per heavy atom. The summed E-state index contributed by atoms with van der Waals surface area (Å²) in [7, 11) is 1.68. The fourth-order valence-corrected chi connectivity index (χ4v) is 3.59. The number of amides is 1. The molecule has 7 nitrogen and oxygen atoms in total. The molecule has 1 aromatic carbocycles. The van der Waals surface area contributed by atoms with Crippen LogP contribution in [0.25, 0.3) is 11.4 Å². The third-order valence-electron chi connectivity index (χ3n) is 4.51. The number of carbonyl (C=O) groups is 1. The third-order valence-corrected chi connectivity index (χ3v) is 5.48. The van der Waals surface area contributed by atoms with Crippen LogP contribution in [0.4, 0.5) is 5.69 Å². The van der Waals surface area contributed by atoms with Crippen molar-refractivity contribution in [2.24, 2.45) is 0 Å². The summed E-state index contributed by atoms with van der Waals surface area (Å²) in [5, 5.41) is 12.3. The van der Waals surface area contributed by atoms with Gasteiger partial charge >= 0.3 is 0 Å². The van der Waals surface area contributed by atoms with Gasteiger partial charge in [0, 0.05) is 43.9 Å². The highest BCUT2D eigenvalue weighted by molar-refractivity contribution is 7.99. The van der Waals surface area contributed by atoms with Gasteiger partial charge in [0.15, 0.2) is 11.0 Å². The molecule has 3 rings (SSSR count). The van der Waals surface area contributed by atoms with Crippen molar-refractivity contribution < 1.29 is 9.53 Å². The maximum atomic E-state index is 12.4. The molecule has 0 bridgehead atoms. The molecule has 0 atom stereocenters. The fourth-order valence-electron chi connectivity index (χ4n) is 2.82. The summed E-state index contributed by atoms with van der Waals surface area (Å²) >= 11 is 1.38. The lowest BCUT2D eigenvalue weighted by atomic mass is 10.1. The van der Waals surface area contributed by atoms with Gasteiger partial charge in [-0.2, -0.15) is 0 Å². The molecule has 29 heavy (non-hydrogen) atoms. The Bertz CT molecular complexity index is 959. The normalized spacial score (nSPS) is 10.9. The Labute approximate surface area is 174 Å². The second-order valence-corrected chi connectivity index (χ2v) is 7.62. The monoisotopic (exact) mass is 411 g/mol. The van der Waals surface area contributed by atoms with Crippen LogP contribution in [-0.2, 0) is 16.1 Å². The van der Waals surface area contributed by atoms with Gasteiger partial charge < -0.3 is 14.6 Å². The fraction of sp³-hybridized carbons (Fsp3) is 0.333. The highest BCUT2D eigenvalue weighted by Crippen LogP contribution is 2.24. The Balaban J connectivity index is 1.69. The van der Waals surface area contributed by atoms with E-state index in [-0.39, 0.29) is 11.7 Å². The lowest BCUT2D eigenvalue weighted by Gasteiger charge is -2.10. The molecule has 0 radical (unpaired) electrons. The predicted molar refractivity (Wildman–Crippen MR) is 115 cm³/mol. The van der Waals surface area contributed by atoms with Gasteiger partial charge in [-0.1, -0.05) is 17.8 Å². The number of pyridine rings is 1. The number of thioether (sulfide) groups is 1. The van der Waals surface area contributed by atoms with Crippen LogP contribution in [0.2, 0.25) is 0 Å². The van der Waals surface area contributed by atoms with Gasteiger partial charge in [0.1, 0.15) is 0 Å². The van der Waals surface area contributed by atoms with E-state index >= 15 is 0 Å². The number of hydrogen-bond donors (Lipinski definition) is 1. The number of ether oxygens (including phenoxy) is 1. The first-order chi connectivity index (χ1) is 14.1. The lowest BCUT2D eigenvalue weighted by molar-refractivity contribution is -0.113. The van der Waals surface area contributed by atoms with E-state index in [4.69, 9.17) is 4.74 Å². The molecule has 3 aromatic rings. The Hall–Kier alpha value is -2.71. The summed E-state index contributed by atoms with van der Waals surface area (Å²) < 4.78 is 7.20. The molecule has 0 spiro atoms. The molecule has 152 valence electrons. The Morgan fingerprint density at radius 1 is 1.14 bits per heavy atom. The molecule has 0 unspecified atom stereocenters. The van der Waals surface area contributed by atoms with Crippen molar-refractivity contribution in [1.29, 1.82) is 0 Å². The molecule has 8 heteroatoms. The second-order valence-electron chi connectivity index (χ2n) is 6.68. The van der Waals surface area contributed by atoms with Gasteiger partial charge in [-0.05, 0) is 55.7 Å². The minimum Gasteiger partial charge on any atom is -0.385 e. The number of benzene rings is 1. The molecule has 0 saturated carbocycles. The molecule has 0 aliphatic rings. The standard InChI is InChI=1S/C21H25N5O2S/c1-15-5-6-18(13-16(15)2)23-19(27)14-29-21-25-24-20(17-7-9-22-10-8-17)26(21)11-4-12-28-3/h5-10,13H,4,11-12,14H2,1-3H3,(H,23,27). The van der Waals surface area contributed by atoms with Crippen molar-refractivity contribution in [3.05, 3.63) is 53.9 Å². The van der Waals surface area contributed by atoms with E-state index in [2.05, 4.69) is 20.5 Å². The topological polar surface area (TPSA) is 81.9 Å². The zero-order valence-corrected chi connectivity index (χ0v) is 17.7. The minimum absolute atomic E-state index is 0.0739. The van der Waals surface area contributed by atoms with Crippen molar-refractivity contribution in [2.75, 3.05) is 24.8 Å². The van der Waals surface area contributed by atoms with Crippen LogP contribution < -0.4 is 5.32 Å². The predicted octanol–water partition coefficient (Wildman–Crippen LogP) is 3.72. The molecule has 1 amide bonds. The summed E-state index contributed by atoms with van der Waals surface area (Å²) in [6.07, 6.45) is 4.29. The minimum atomic E-state index is -0.0739. The van der Waals surface area contributed by atoms with Crippen molar-refractivity contribution in [3.63, 3.8) is 0 Å². The average Bonchev–Trinajstić information content (AvgIpc) is 3.13. The number of nitrogens with one attached hydrogen (secondary N) is 1. The molecular formula is C21H25N5O2S. The smallest absolute Gasteiger partial charge is 0.234 e. The maximum Gasteiger partial charge on any atom is 0.234 e. The number of nitrogens with zero attached hydrogens (tertiary/aromatic N) is 4. The van der Waals surface area contributed by atoms with Crippen molar-refractivity contribution >= 4 is 23.4 Å². The van der Waals surface area contributed by atoms with Crippen LogP contribution in [0, 0.1) is 13.8 Å². The van der Waals surface area contributed by atoms with E-state index in [1.807, 2.05) is 48.7 Å². The van der Waals surface area contributed by atoms with Crippen LogP contribution >= 0.6 is 11.8 Å². The number of anilines is 1. The third kappa shape index (κ3) is 5.65. The summed E-state index contributed by atoms with van der Waals surface area (Å²) in [6, 6.07) is 9.70. The van der Waals surface area contributed by atoms with E-state index in [1.165, 1.54) is 17.3 Å². The molecule has 2 aromatic heterocycles. The zero-order chi connectivity index (χ0) is 20.6. The number of hydrogen-bond acceptors (Lipinski definition) is 6. The summed E-state index contributed by atoms with van der Waals surface area (Å²) in [4.78, 5) is 16.5. The summed E-state index contributed by atoms with van der Waals surface area (Å²) in [6.45, 7) is 5.43. The highest BCUT2D eigenvalue weighted by Gasteiger charge is 2.15. The Morgan fingerprint density at radius 2 is 1.93 bits per heavy atom. The number of methoxy groups -OCH3 is 1. The van der Waals surface area contributed by atoms with Gasteiger partial charge in [0.05, 0.1) is 5.75 Å². The quantitative estimate of drug-likeness (QED) is 0.427. The van der Waals surface area contributed by atoms with Crippen molar-refractivity contribution in [1.82, 2.24) is 19.7 Å². The zero-order valence-electron chi connectivity index (χ0n) is 16.9. The molecule has 0 fully saturated rings. The van der Waals surface area contributed by atoms with Crippen molar-refractivity contribution in [3.8, 4) is 11.4 Å². The Kier molecular flexibility index (Phi) is 7.37. The molecular weight excluding hydrogens is 386 g/mol. The first kappa shape index (κ1) is 21.0. The number of aryl methyl sites for hydroxylation is 2. The molecule has 0 aliphatic carbocycles. The van der Waals surface area contributed by atoms with Crippen molar-refractivity contribution in [2.45, 2.75) is 32.0 Å². The van der Waals surface area contributed by atoms with Crippen LogP contribution in [0.15, 0.2) is 47.9 Å². The molecule has 1 N–H and O–H groups in total. The molecule has 0 aliphatic heterocycles.